The van der Waals surface area contributed by atoms with Gasteiger partial charge in [0.05, 0.1) is 21.8 Å². The van der Waals surface area contributed by atoms with Crippen LogP contribution in [0.2, 0.25) is 0 Å². The first-order valence-corrected chi connectivity index (χ1v) is 13.4. The Balaban J connectivity index is 1.91. The second-order valence-electron chi connectivity index (χ2n) is 8.95. The van der Waals surface area contributed by atoms with Gasteiger partial charge in [0.15, 0.2) is 0 Å². The molecule has 190 valence electrons. The number of amides is 2. The summed E-state index contributed by atoms with van der Waals surface area (Å²) < 4.78 is 28.2. The van der Waals surface area contributed by atoms with Crippen molar-refractivity contribution >= 4 is 33.2 Å². The van der Waals surface area contributed by atoms with Crippen LogP contribution in [0.3, 0.4) is 0 Å². The molecular weight excluding hydrogens is 474 g/mol. The number of para-hydroxylation sites is 1. The first-order valence-electron chi connectivity index (χ1n) is 12.0. The molecule has 0 radical (unpaired) electrons. The third-order valence-corrected chi connectivity index (χ3v) is 7.69. The summed E-state index contributed by atoms with van der Waals surface area (Å²) in [6.45, 7) is 7.51. The average Bonchev–Trinajstić information content (AvgIpc) is 2.88. The van der Waals surface area contributed by atoms with Gasteiger partial charge in [0.2, 0.25) is 5.91 Å². The molecule has 1 atom stereocenters. The van der Waals surface area contributed by atoms with E-state index in [4.69, 9.17) is 0 Å². The zero-order valence-electron chi connectivity index (χ0n) is 21.1. The molecule has 0 aromatic heterocycles. The van der Waals surface area contributed by atoms with E-state index in [1.54, 1.807) is 54.6 Å². The molecule has 0 fully saturated rings. The van der Waals surface area contributed by atoms with E-state index in [0.717, 1.165) is 16.3 Å². The Labute approximate surface area is 213 Å². The number of benzene rings is 3. The van der Waals surface area contributed by atoms with E-state index in [1.807, 2.05) is 26.0 Å². The van der Waals surface area contributed by atoms with Crippen LogP contribution in [0.5, 0.6) is 0 Å². The fraction of sp³-hybridized carbons (Fsp3) is 0.286. The monoisotopic (exact) mass is 507 g/mol. The van der Waals surface area contributed by atoms with Crippen LogP contribution in [0.25, 0.3) is 0 Å². The number of anilines is 2. The lowest BCUT2D eigenvalue weighted by atomic mass is 10.0. The molecule has 0 aliphatic carbocycles. The maximum absolute atomic E-state index is 13.6. The lowest BCUT2D eigenvalue weighted by Crippen LogP contribution is -2.38. The Morgan fingerprint density at radius 1 is 0.861 bits per heavy atom. The number of hydrogen-bond acceptors (Lipinski definition) is 4. The molecule has 0 aliphatic rings. The molecule has 3 rings (SSSR count). The fourth-order valence-electron chi connectivity index (χ4n) is 3.57. The smallest absolute Gasteiger partial charge is 0.264 e. The maximum Gasteiger partial charge on any atom is 0.264 e. The molecule has 3 aromatic carbocycles. The minimum absolute atomic E-state index is 0.0263. The Hall–Kier alpha value is -3.65. The van der Waals surface area contributed by atoms with E-state index in [9.17, 15) is 18.0 Å². The van der Waals surface area contributed by atoms with Crippen LogP contribution in [0.4, 0.5) is 11.4 Å². The predicted octanol–water partition coefficient (Wildman–Crippen LogP) is 5.17. The number of sulfonamides is 1. The first-order chi connectivity index (χ1) is 17.1. The normalized spacial score (nSPS) is 12.1. The molecule has 3 aromatic rings. The van der Waals surface area contributed by atoms with Crippen molar-refractivity contribution in [1.82, 2.24) is 5.32 Å². The zero-order chi connectivity index (χ0) is 26.3. The van der Waals surface area contributed by atoms with Crippen LogP contribution in [0, 0.1) is 0 Å². The lowest BCUT2D eigenvalue weighted by Gasteiger charge is -2.25. The highest BCUT2D eigenvalue weighted by Crippen LogP contribution is 2.26. The summed E-state index contributed by atoms with van der Waals surface area (Å²) >= 11 is 0. The van der Waals surface area contributed by atoms with Gasteiger partial charge in [-0.05, 0) is 61.2 Å². The van der Waals surface area contributed by atoms with E-state index in [0.29, 0.717) is 16.9 Å². The van der Waals surface area contributed by atoms with Crippen LogP contribution in [-0.4, -0.2) is 32.8 Å². The summed E-state index contributed by atoms with van der Waals surface area (Å²) in [5.41, 5.74) is 2.06. The van der Waals surface area contributed by atoms with E-state index in [1.165, 1.54) is 12.1 Å². The van der Waals surface area contributed by atoms with Crippen molar-refractivity contribution in [3.8, 4) is 0 Å². The van der Waals surface area contributed by atoms with Crippen molar-refractivity contribution in [2.24, 2.45) is 0 Å². The number of carbonyl (C=O) groups excluding carboxylic acids is 2. The standard InChI is InChI=1S/C28H33N3O4S/c1-5-21(4)29-28(33)25-13-9-10-14-26(25)30-27(32)19-31(23-17-15-22(16-18-23)20(2)3)36(34,35)24-11-7-6-8-12-24/h6-18,20-21H,5,19H2,1-4H3,(H,29,33)(H,30,32). The van der Waals surface area contributed by atoms with E-state index in [2.05, 4.69) is 24.5 Å². The van der Waals surface area contributed by atoms with Crippen LogP contribution in [0.15, 0.2) is 83.8 Å². The second kappa shape index (κ2) is 11.9. The minimum atomic E-state index is -4.03. The molecule has 0 aliphatic heterocycles. The molecule has 0 heterocycles. The molecule has 7 nitrogen and oxygen atoms in total. The molecule has 2 N–H and O–H groups in total. The second-order valence-corrected chi connectivity index (χ2v) is 10.8. The lowest BCUT2D eigenvalue weighted by molar-refractivity contribution is -0.114. The van der Waals surface area contributed by atoms with Gasteiger partial charge in [-0.3, -0.25) is 13.9 Å². The van der Waals surface area contributed by atoms with Gasteiger partial charge in [0, 0.05) is 6.04 Å². The third-order valence-electron chi connectivity index (χ3n) is 5.90. The van der Waals surface area contributed by atoms with Gasteiger partial charge in [-0.15, -0.1) is 0 Å². The third kappa shape index (κ3) is 6.51. The highest BCUT2D eigenvalue weighted by molar-refractivity contribution is 7.92. The van der Waals surface area contributed by atoms with Gasteiger partial charge >= 0.3 is 0 Å². The molecular formula is C28H33N3O4S. The summed E-state index contributed by atoms with van der Waals surface area (Å²) in [6.07, 6.45) is 0.766. The number of carbonyl (C=O) groups is 2. The van der Waals surface area contributed by atoms with E-state index in [-0.39, 0.29) is 22.8 Å². The summed E-state index contributed by atoms with van der Waals surface area (Å²) in [5.74, 6) is -0.593. The van der Waals surface area contributed by atoms with Gasteiger partial charge in [-0.25, -0.2) is 8.42 Å². The molecule has 0 saturated heterocycles. The highest BCUT2D eigenvalue weighted by Gasteiger charge is 2.27. The summed E-state index contributed by atoms with van der Waals surface area (Å²) in [5, 5.41) is 5.62. The number of nitrogens with one attached hydrogen (secondary N) is 2. The SMILES string of the molecule is CCC(C)NC(=O)c1ccccc1NC(=O)CN(c1ccc(C(C)C)cc1)S(=O)(=O)c1ccccc1. The van der Waals surface area contributed by atoms with Crippen molar-refractivity contribution in [1.29, 1.82) is 0 Å². The van der Waals surface area contributed by atoms with Crippen molar-refractivity contribution < 1.29 is 18.0 Å². The molecule has 2 amide bonds. The van der Waals surface area contributed by atoms with Crippen molar-refractivity contribution in [3.05, 3.63) is 90.0 Å². The molecule has 8 heteroatoms. The summed E-state index contributed by atoms with van der Waals surface area (Å²) in [7, 11) is -4.03. The van der Waals surface area contributed by atoms with Gasteiger partial charge in [-0.1, -0.05) is 63.2 Å². The Kier molecular flexibility index (Phi) is 8.88. The van der Waals surface area contributed by atoms with Crippen molar-refractivity contribution in [2.75, 3.05) is 16.2 Å². The highest BCUT2D eigenvalue weighted by atomic mass is 32.2. The van der Waals surface area contributed by atoms with Gasteiger partial charge in [0.25, 0.3) is 15.9 Å². The molecule has 0 bridgehead atoms. The number of hydrogen-bond donors (Lipinski definition) is 2. The topological polar surface area (TPSA) is 95.6 Å². The Bertz CT molecular complexity index is 1290. The number of rotatable bonds is 10. The van der Waals surface area contributed by atoms with Crippen LogP contribution in [0.1, 0.15) is 56.0 Å². The largest absolute Gasteiger partial charge is 0.350 e. The Morgan fingerprint density at radius 2 is 1.47 bits per heavy atom. The fourth-order valence-corrected chi connectivity index (χ4v) is 5.02. The van der Waals surface area contributed by atoms with Gasteiger partial charge in [0.1, 0.15) is 6.54 Å². The first kappa shape index (κ1) is 26.9. The number of nitrogens with zero attached hydrogens (tertiary/aromatic N) is 1. The van der Waals surface area contributed by atoms with Crippen LogP contribution in [-0.2, 0) is 14.8 Å². The van der Waals surface area contributed by atoms with Crippen molar-refractivity contribution in [2.45, 2.75) is 51.0 Å². The van der Waals surface area contributed by atoms with E-state index < -0.39 is 22.5 Å². The van der Waals surface area contributed by atoms with Crippen LogP contribution < -0.4 is 14.9 Å². The predicted molar refractivity (Wildman–Crippen MR) is 144 cm³/mol. The minimum Gasteiger partial charge on any atom is -0.350 e. The molecule has 1 unspecified atom stereocenters. The van der Waals surface area contributed by atoms with Crippen LogP contribution >= 0.6 is 0 Å². The quantitative estimate of drug-likeness (QED) is 0.396. The summed E-state index contributed by atoms with van der Waals surface area (Å²) in [4.78, 5) is 26.0. The van der Waals surface area contributed by atoms with Gasteiger partial charge < -0.3 is 10.6 Å². The average molecular weight is 508 g/mol. The van der Waals surface area contributed by atoms with Crippen molar-refractivity contribution in [3.63, 3.8) is 0 Å². The molecule has 36 heavy (non-hydrogen) atoms. The zero-order valence-corrected chi connectivity index (χ0v) is 21.9. The van der Waals surface area contributed by atoms with E-state index >= 15 is 0 Å². The Morgan fingerprint density at radius 3 is 2.08 bits per heavy atom. The summed E-state index contributed by atoms with van der Waals surface area (Å²) in [6, 6.07) is 21.8. The molecule has 0 spiro atoms. The molecule has 0 saturated carbocycles. The van der Waals surface area contributed by atoms with Gasteiger partial charge in [-0.2, -0.15) is 0 Å². The maximum atomic E-state index is 13.6.